The fourth-order valence-corrected chi connectivity index (χ4v) is 6.29. The second-order valence-electron chi connectivity index (χ2n) is 9.39. The Bertz CT molecular complexity index is 1270. The smallest absolute Gasteiger partial charge is 0.223 e. The SMILES string of the molecule is CC1(C)C(C(=O)C=O)NCN1CCNc1ncc(Br)c(-c2cc(CCO)c(Cc3ccc(F)cc3)s2)n1. The van der Waals surface area contributed by atoms with Crippen molar-refractivity contribution in [2.24, 2.45) is 0 Å². The Morgan fingerprint density at radius 3 is 2.84 bits per heavy atom. The number of aliphatic hydroxyl groups is 1. The Balaban J connectivity index is 1.47. The van der Waals surface area contributed by atoms with E-state index in [9.17, 15) is 19.1 Å². The molecule has 0 amide bonds. The molecule has 1 unspecified atom stereocenters. The van der Waals surface area contributed by atoms with Crippen LogP contribution >= 0.6 is 27.3 Å². The summed E-state index contributed by atoms with van der Waals surface area (Å²) in [7, 11) is 0. The van der Waals surface area contributed by atoms with Crippen LogP contribution in [-0.4, -0.2) is 70.0 Å². The molecule has 8 nitrogen and oxygen atoms in total. The van der Waals surface area contributed by atoms with E-state index in [-0.39, 0.29) is 12.4 Å². The summed E-state index contributed by atoms with van der Waals surface area (Å²) in [4.78, 5) is 36.1. The number of benzene rings is 1. The van der Waals surface area contributed by atoms with Crippen molar-refractivity contribution in [3.05, 3.63) is 62.8 Å². The van der Waals surface area contributed by atoms with Crippen molar-refractivity contribution in [2.75, 3.05) is 31.7 Å². The first-order chi connectivity index (χ1) is 17.7. The normalized spacial score (nSPS) is 17.2. The lowest BCUT2D eigenvalue weighted by atomic mass is 9.92. The minimum atomic E-state index is -0.531. The van der Waals surface area contributed by atoms with Crippen LogP contribution in [0, 0.1) is 5.82 Å². The number of rotatable bonds is 11. The van der Waals surface area contributed by atoms with Crippen LogP contribution in [-0.2, 0) is 22.4 Å². The van der Waals surface area contributed by atoms with Crippen molar-refractivity contribution in [2.45, 2.75) is 38.3 Å². The van der Waals surface area contributed by atoms with Gasteiger partial charge in [0.05, 0.1) is 21.1 Å². The lowest BCUT2D eigenvalue weighted by Crippen LogP contribution is -2.51. The molecule has 1 aliphatic heterocycles. The molecule has 3 aromatic rings. The van der Waals surface area contributed by atoms with Crippen molar-refractivity contribution in [1.82, 2.24) is 20.2 Å². The van der Waals surface area contributed by atoms with Crippen molar-refractivity contribution in [1.29, 1.82) is 0 Å². The molecule has 1 fully saturated rings. The Labute approximate surface area is 227 Å². The Hall–Kier alpha value is -2.57. The third-order valence-corrected chi connectivity index (χ3v) is 8.37. The molecule has 0 radical (unpaired) electrons. The number of halogens is 2. The molecular formula is C26H29BrFN5O3S. The fourth-order valence-electron chi connectivity index (χ4n) is 4.50. The minimum absolute atomic E-state index is 0.0331. The number of ketones is 1. The number of aromatic nitrogens is 2. The van der Waals surface area contributed by atoms with Crippen molar-refractivity contribution >= 4 is 45.3 Å². The first-order valence-corrected chi connectivity index (χ1v) is 13.5. The highest BCUT2D eigenvalue weighted by atomic mass is 79.9. The van der Waals surface area contributed by atoms with Crippen LogP contribution in [0.15, 0.2) is 41.0 Å². The standard InChI is InChI=1S/C26H29BrFN5O3S/c1-26(2)24(20(36)14-35)31-15-33(26)9-8-29-25-30-13-19(27)23(32-25)22-12-17(7-10-34)21(37-22)11-16-3-5-18(28)6-4-16/h3-6,12-14,24,31,34H,7-11,15H2,1-2H3,(H,29,30,32). The first-order valence-electron chi connectivity index (χ1n) is 11.9. The van der Waals surface area contributed by atoms with E-state index < -0.39 is 17.4 Å². The predicted molar refractivity (Wildman–Crippen MR) is 145 cm³/mol. The average molecular weight is 591 g/mol. The molecule has 0 bridgehead atoms. The number of carbonyl (C=O) groups is 2. The molecule has 11 heteroatoms. The number of nitrogens with one attached hydrogen (secondary N) is 2. The van der Waals surface area contributed by atoms with Crippen LogP contribution in [0.1, 0.15) is 29.9 Å². The van der Waals surface area contributed by atoms with Crippen LogP contribution in [0.5, 0.6) is 0 Å². The molecule has 3 heterocycles. The van der Waals surface area contributed by atoms with Crippen molar-refractivity contribution < 1.29 is 19.1 Å². The molecule has 0 aliphatic carbocycles. The molecule has 1 atom stereocenters. The van der Waals surface area contributed by atoms with E-state index >= 15 is 0 Å². The predicted octanol–water partition coefficient (Wildman–Crippen LogP) is 3.42. The molecule has 196 valence electrons. The van der Waals surface area contributed by atoms with Crippen molar-refractivity contribution in [3.8, 4) is 10.6 Å². The Morgan fingerprint density at radius 2 is 2.14 bits per heavy atom. The van der Waals surface area contributed by atoms with E-state index in [1.54, 1.807) is 29.7 Å². The lowest BCUT2D eigenvalue weighted by molar-refractivity contribution is -0.132. The largest absolute Gasteiger partial charge is 0.396 e. The third-order valence-electron chi connectivity index (χ3n) is 6.61. The lowest BCUT2D eigenvalue weighted by Gasteiger charge is -2.33. The van der Waals surface area contributed by atoms with E-state index in [0.29, 0.717) is 44.8 Å². The molecule has 37 heavy (non-hydrogen) atoms. The maximum atomic E-state index is 13.3. The number of Topliss-reactive ketones (excluding diaryl/α,β-unsaturated/α-hetero) is 1. The molecule has 1 saturated heterocycles. The maximum absolute atomic E-state index is 13.3. The van der Waals surface area contributed by atoms with E-state index in [2.05, 4.69) is 36.4 Å². The number of hydrogen-bond donors (Lipinski definition) is 3. The zero-order valence-corrected chi connectivity index (χ0v) is 23.0. The molecule has 1 aliphatic rings. The second kappa shape index (κ2) is 11.9. The van der Waals surface area contributed by atoms with Crippen LogP contribution in [0.4, 0.5) is 10.3 Å². The highest BCUT2D eigenvalue weighted by Gasteiger charge is 2.44. The molecule has 0 spiro atoms. The molecule has 1 aromatic carbocycles. The van der Waals surface area contributed by atoms with Gasteiger partial charge in [-0.05, 0) is 65.5 Å². The summed E-state index contributed by atoms with van der Waals surface area (Å²) in [6.45, 7) is 5.59. The van der Waals surface area contributed by atoms with Crippen LogP contribution in [0.3, 0.4) is 0 Å². The summed E-state index contributed by atoms with van der Waals surface area (Å²) in [6.07, 6.45) is 3.24. The van der Waals surface area contributed by atoms with Crippen LogP contribution in [0.25, 0.3) is 10.6 Å². The molecule has 0 saturated carbocycles. The zero-order chi connectivity index (χ0) is 26.6. The van der Waals surface area contributed by atoms with Gasteiger partial charge in [-0.1, -0.05) is 12.1 Å². The van der Waals surface area contributed by atoms with Crippen LogP contribution < -0.4 is 10.6 Å². The molecule has 4 rings (SSSR count). The van der Waals surface area contributed by atoms with Gasteiger partial charge < -0.3 is 10.4 Å². The average Bonchev–Trinajstić information content (AvgIpc) is 3.40. The number of nitrogens with zero attached hydrogens (tertiary/aromatic N) is 3. The summed E-state index contributed by atoms with van der Waals surface area (Å²) in [6, 6.07) is 7.96. The zero-order valence-electron chi connectivity index (χ0n) is 20.6. The maximum Gasteiger partial charge on any atom is 0.223 e. The molecule has 3 N–H and O–H groups in total. The van der Waals surface area contributed by atoms with E-state index in [1.165, 1.54) is 12.1 Å². The van der Waals surface area contributed by atoms with Gasteiger partial charge in [-0.2, -0.15) is 0 Å². The van der Waals surface area contributed by atoms with E-state index in [1.807, 2.05) is 19.9 Å². The highest BCUT2D eigenvalue weighted by Crippen LogP contribution is 2.36. The fraction of sp³-hybridized carbons (Fsp3) is 0.385. The number of aliphatic hydroxyl groups excluding tert-OH is 1. The van der Waals surface area contributed by atoms with Gasteiger partial charge in [-0.15, -0.1) is 11.3 Å². The molecular weight excluding hydrogens is 561 g/mol. The van der Waals surface area contributed by atoms with Gasteiger partial charge in [0.2, 0.25) is 11.7 Å². The quantitative estimate of drug-likeness (QED) is 0.231. The van der Waals surface area contributed by atoms with Gasteiger partial charge in [0.25, 0.3) is 0 Å². The second-order valence-corrected chi connectivity index (χ2v) is 11.4. The first kappa shape index (κ1) is 27.5. The number of hydrogen-bond acceptors (Lipinski definition) is 9. The van der Waals surface area contributed by atoms with Gasteiger partial charge in [0.15, 0.2) is 6.29 Å². The van der Waals surface area contributed by atoms with Crippen LogP contribution in [0.2, 0.25) is 0 Å². The topological polar surface area (TPSA) is 107 Å². The Morgan fingerprint density at radius 1 is 1.38 bits per heavy atom. The van der Waals surface area contributed by atoms with Gasteiger partial charge in [0.1, 0.15) is 5.82 Å². The Kier molecular flexibility index (Phi) is 8.81. The van der Waals surface area contributed by atoms with Gasteiger partial charge in [-0.25, -0.2) is 14.4 Å². The number of aldehydes is 1. The van der Waals surface area contributed by atoms with Gasteiger partial charge in [0, 0.05) is 49.4 Å². The summed E-state index contributed by atoms with van der Waals surface area (Å²) in [5, 5.41) is 16.0. The summed E-state index contributed by atoms with van der Waals surface area (Å²) in [5.74, 6) is -0.243. The van der Waals surface area contributed by atoms with Crippen molar-refractivity contribution in [3.63, 3.8) is 0 Å². The summed E-state index contributed by atoms with van der Waals surface area (Å²) >= 11 is 5.16. The minimum Gasteiger partial charge on any atom is -0.396 e. The highest BCUT2D eigenvalue weighted by molar-refractivity contribution is 9.10. The number of carbonyl (C=O) groups excluding carboxylic acids is 2. The van der Waals surface area contributed by atoms with E-state index in [0.717, 1.165) is 31.0 Å². The monoisotopic (exact) mass is 589 g/mol. The summed E-state index contributed by atoms with van der Waals surface area (Å²) in [5.41, 5.74) is 2.28. The van der Waals surface area contributed by atoms with E-state index in [4.69, 9.17) is 4.98 Å². The number of thiophene rings is 1. The third kappa shape index (κ3) is 6.29. The van der Waals surface area contributed by atoms with Gasteiger partial charge in [-0.3, -0.25) is 19.8 Å². The molecule has 2 aromatic heterocycles. The summed E-state index contributed by atoms with van der Waals surface area (Å²) < 4.78 is 14.1. The number of anilines is 1. The van der Waals surface area contributed by atoms with Gasteiger partial charge >= 0.3 is 0 Å².